The maximum atomic E-state index is 6.24. The first-order chi connectivity index (χ1) is 15.8. The lowest BCUT2D eigenvalue weighted by atomic mass is 9.94. The van der Waals surface area contributed by atoms with Gasteiger partial charge >= 0.3 is 0 Å². The van der Waals surface area contributed by atoms with E-state index in [4.69, 9.17) is 9.47 Å². The monoisotopic (exact) mass is 431 g/mol. The number of hydrogen-bond acceptors (Lipinski definition) is 6. The summed E-state index contributed by atoms with van der Waals surface area (Å²) < 4.78 is 12.4. The van der Waals surface area contributed by atoms with E-state index in [1.807, 2.05) is 6.07 Å². The third-order valence-corrected chi connectivity index (χ3v) is 7.80. The number of H-pyrrole nitrogens is 1. The Morgan fingerprint density at radius 3 is 2.97 bits per heavy atom. The van der Waals surface area contributed by atoms with Gasteiger partial charge in [0.2, 0.25) is 0 Å². The summed E-state index contributed by atoms with van der Waals surface area (Å²) in [5.41, 5.74) is 3.44. The molecule has 0 amide bonds. The van der Waals surface area contributed by atoms with Crippen LogP contribution in [0.4, 0.5) is 5.82 Å². The first-order valence-electron chi connectivity index (χ1n) is 12.0. The zero-order chi connectivity index (χ0) is 21.1. The molecule has 2 N–H and O–H groups in total. The SMILES string of the molecule is c1ccc2c(c1)OCC(N1CCC3(CCCO3)C1)C2Nc1ncnc2[nH]c(C3CC3)cc12. The highest BCUT2D eigenvalue weighted by molar-refractivity contribution is 5.88. The average molecular weight is 432 g/mol. The summed E-state index contributed by atoms with van der Waals surface area (Å²) in [5.74, 6) is 2.52. The van der Waals surface area contributed by atoms with Crippen molar-refractivity contribution in [3.05, 3.63) is 47.9 Å². The molecule has 2 aromatic heterocycles. The zero-order valence-corrected chi connectivity index (χ0v) is 18.2. The first kappa shape index (κ1) is 18.9. The van der Waals surface area contributed by atoms with Crippen molar-refractivity contribution >= 4 is 16.9 Å². The molecule has 1 aromatic carbocycles. The van der Waals surface area contributed by atoms with Gasteiger partial charge in [-0.3, -0.25) is 4.90 Å². The number of nitrogens with zero attached hydrogens (tertiary/aromatic N) is 3. The average Bonchev–Trinajstić information content (AvgIpc) is 3.22. The van der Waals surface area contributed by atoms with Crippen LogP contribution >= 0.6 is 0 Å². The van der Waals surface area contributed by atoms with Crippen molar-refractivity contribution in [3.63, 3.8) is 0 Å². The van der Waals surface area contributed by atoms with Crippen molar-refractivity contribution in [2.75, 3.05) is 31.6 Å². The molecule has 7 rings (SSSR count). The number of fused-ring (bicyclic) bond motifs is 2. The van der Waals surface area contributed by atoms with E-state index < -0.39 is 0 Å². The Hall–Kier alpha value is -2.64. The highest BCUT2D eigenvalue weighted by Gasteiger charge is 2.46. The lowest BCUT2D eigenvalue weighted by Crippen LogP contribution is -2.48. The molecule has 1 aliphatic carbocycles. The highest BCUT2D eigenvalue weighted by Crippen LogP contribution is 2.43. The molecule has 3 unspecified atom stereocenters. The van der Waals surface area contributed by atoms with Crippen LogP contribution in [0.1, 0.15) is 55.3 Å². The van der Waals surface area contributed by atoms with E-state index in [1.54, 1.807) is 6.33 Å². The van der Waals surface area contributed by atoms with Gasteiger partial charge in [-0.25, -0.2) is 9.97 Å². The van der Waals surface area contributed by atoms with E-state index in [9.17, 15) is 0 Å². The van der Waals surface area contributed by atoms with Crippen molar-refractivity contribution in [3.8, 4) is 5.75 Å². The fourth-order valence-electron chi connectivity index (χ4n) is 5.91. The lowest BCUT2D eigenvalue weighted by Gasteiger charge is -2.40. The van der Waals surface area contributed by atoms with Crippen molar-refractivity contribution in [2.24, 2.45) is 0 Å². The Kier molecular flexibility index (Phi) is 4.24. The molecule has 0 bridgehead atoms. The van der Waals surface area contributed by atoms with Crippen LogP contribution in [0.25, 0.3) is 11.0 Å². The molecule has 166 valence electrons. The molecular formula is C25H29N5O2. The number of aromatic nitrogens is 3. The van der Waals surface area contributed by atoms with Gasteiger partial charge in [0.25, 0.3) is 0 Å². The van der Waals surface area contributed by atoms with Crippen LogP contribution in [0.5, 0.6) is 5.75 Å². The summed E-state index contributed by atoms with van der Waals surface area (Å²) in [7, 11) is 0. The van der Waals surface area contributed by atoms with Gasteiger partial charge in [0.05, 0.1) is 23.1 Å². The Morgan fingerprint density at radius 1 is 1.16 bits per heavy atom. The normalized spacial score (nSPS) is 30.0. The maximum absolute atomic E-state index is 6.24. The van der Waals surface area contributed by atoms with Crippen molar-refractivity contribution in [2.45, 2.75) is 55.7 Å². The Morgan fingerprint density at radius 2 is 2.09 bits per heavy atom. The number of para-hydroxylation sites is 1. The fraction of sp³-hybridized carbons (Fsp3) is 0.520. The second kappa shape index (κ2) is 7.18. The molecule has 7 heteroatoms. The zero-order valence-electron chi connectivity index (χ0n) is 18.2. The maximum Gasteiger partial charge on any atom is 0.143 e. The lowest BCUT2D eigenvalue weighted by molar-refractivity contribution is 0.00442. The Labute approximate surface area is 187 Å². The molecule has 5 heterocycles. The number of nitrogens with one attached hydrogen (secondary N) is 2. The van der Waals surface area contributed by atoms with Crippen molar-refractivity contribution < 1.29 is 9.47 Å². The van der Waals surface area contributed by atoms with E-state index in [1.165, 1.54) is 36.9 Å². The Bertz CT molecular complexity index is 1150. The molecule has 3 aliphatic heterocycles. The summed E-state index contributed by atoms with van der Waals surface area (Å²) in [5, 5.41) is 4.90. The molecule has 3 aromatic rings. The van der Waals surface area contributed by atoms with Crippen LogP contribution in [-0.4, -0.2) is 57.8 Å². The van der Waals surface area contributed by atoms with Crippen LogP contribution in [-0.2, 0) is 4.74 Å². The molecule has 0 radical (unpaired) electrons. The minimum Gasteiger partial charge on any atom is -0.491 e. The van der Waals surface area contributed by atoms with Crippen LogP contribution < -0.4 is 10.1 Å². The summed E-state index contributed by atoms with van der Waals surface area (Å²) in [4.78, 5) is 15.3. The second-order valence-corrected chi connectivity index (χ2v) is 9.88. The molecule has 3 atom stereocenters. The predicted molar refractivity (Wildman–Crippen MR) is 122 cm³/mol. The van der Waals surface area contributed by atoms with Gasteiger partial charge < -0.3 is 19.8 Å². The van der Waals surface area contributed by atoms with Crippen molar-refractivity contribution in [1.29, 1.82) is 0 Å². The fourth-order valence-corrected chi connectivity index (χ4v) is 5.91. The van der Waals surface area contributed by atoms with Crippen LogP contribution in [0.2, 0.25) is 0 Å². The van der Waals surface area contributed by atoms with Gasteiger partial charge in [-0.1, -0.05) is 18.2 Å². The Balaban J connectivity index is 1.24. The van der Waals surface area contributed by atoms with E-state index in [-0.39, 0.29) is 17.7 Å². The number of benzene rings is 1. The van der Waals surface area contributed by atoms with Gasteiger partial charge in [-0.15, -0.1) is 0 Å². The molecule has 4 aliphatic rings. The number of hydrogen-bond donors (Lipinski definition) is 2. The standard InChI is InChI=1S/C25H29N5O2/c1-2-5-21-17(4-1)22(20(13-31-21)30-10-9-25(14-30)8-3-11-32-25)29-24-18-12-19(16-6-7-16)28-23(18)26-15-27-24/h1-2,4-5,12,15-16,20,22H,3,6-11,13-14H2,(H2,26,27,28,29). The van der Waals surface area contributed by atoms with Crippen LogP contribution in [0.15, 0.2) is 36.7 Å². The molecular weight excluding hydrogens is 402 g/mol. The second-order valence-electron chi connectivity index (χ2n) is 9.88. The van der Waals surface area contributed by atoms with Crippen LogP contribution in [0.3, 0.4) is 0 Å². The molecule has 1 spiro atoms. The van der Waals surface area contributed by atoms with Gasteiger partial charge in [0, 0.05) is 31.0 Å². The quantitative estimate of drug-likeness (QED) is 0.650. The largest absolute Gasteiger partial charge is 0.491 e. The highest BCUT2D eigenvalue weighted by atomic mass is 16.5. The molecule has 2 saturated heterocycles. The third-order valence-electron chi connectivity index (χ3n) is 7.80. The smallest absolute Gasteiger partial charge is 0.143 e. The first-order valence-corrected chi connectivity index (χ1v) is 12.0. The van der Waals surface area contributed by atoms with Gasteiger partial charge in [0.1, 0.15) is 30.1 Å². The van der Waals surface area contributed by atoms with Gasteiger partial charge in [-0.2, -0.15) is 0 Å². The summed E-state index contributed by atoms with van der Waals surface area (Å²) in [6.07, 6.45) is 7.64. The van der Waals surface area contributed by atoms with Gasteiger partial charge in [0.15, 0.2) is 0 Å². The van der Waals surface area contributed by atoms with Crippen molar-refractivity contribution in [1.82, 2.24) is 19.9 Å². The number of anilines is 1. The minimum absolute atomic E-state index is 0.0451. The number of ether oxygens (including phenoxy) is 2. The number of aromatic amines is 1. The van der Waals surface area contributed by atoms with E-state index in [2.05, 4.69) is 49.4 Å². The van der Waals surface area contributed by atoms with Gasteiger partial charge in [-0.05, 0) is 50.2 Å². The van der Waals surface area contributed by atoms with E-state index in [0.29, 0.717) is 12.5 Å². The number of likely N-dealkylation sites (tertiary alicyclic amines) is 1. The van der Waals surface area contributed by atoms with E-state index in [0.717, 1.165) is 48.7 Å². The minimum atomic E-state index is 0.0451. The summed E-state index contributed by atoms with van der Waals surface area (Å²) in [6, 6.07) is 11.0. The molecule has 1 saturated carbocycles. The van der Waals surface area contributed by atoms with E-state index >= 15 is 0 Å². The van der Waals surface area contributed by atoms with Crippen LogP contribution in [0, 0.1) is 0 Å². The third kappa shape index (κ3) is 3.10. The number of rotatable bonds is 4. The molecule has 7 nitrogen and oxygen atoms in total. The topological polar surface area (TPSA) is 75.3 Å². The molecule has 32 heavy (non-hydrogen) atoms. The summed E-state index contributed by atoms with van der Waals surface area (Å²) in [6.45, 7) is 3.59. The summed E-state index contributed by atoms with van der Waals surface area (Å²) >= 11 is 0. The molecule has 3 fully saturated rings. The predicted octanol–water partition coefficient (Wildman–Crippen LogP) is 4.00.